The predicted molar refractivity (Wildman–Crippen MR) is 90.0 cm³/mol. The Kier molecular flexibility index (Phi) is 3.96. The molecule has 1 aromatic rings. The zero-order valence-corrected chi connectivity index (χ0v) is 15.1. The first kappa shape index (κ1) is 15.6. The summed E-state index contributed by atoms with van der Waals surface area (Å²) in [5.74, 6) is 1.58. The molecule has 4 fully saturated rings. The van der Waals surface area contributed by atoms with Gasteiger partial charge in [0, 0.05) is 0 Å². The molecule has 0 saturated heterocycles. The van der Waals surface area contributed by atoms with Gasteiger partial charge in [-0.15, -0.1) is 0 Å². The molecule has 124 valence electrons. The van der Waals surface area contributed by atoms with E-state index in [0.29, 0.717) is 22.9 Å². The van der Waals surface area contributed by atoms with Crippen molar-refractivity contribution < 1.29 is 14.3 Å². The number of anilines is 1. The predicted octanol–water partition coefficient (Wildman–Crippen LogP) is 3.60. The maximum absolute atomic E-state index is 12.6. The molecule has 4 bridgehead atoms. The lowest BCUT2D eigenvalue weighted by Crippen LogP contribution is -2.50. The second kappa shape index (κ2) is 5.84. The average Bonchev–Trinajstić information content (AvgIpc) is 2.88. The van der Waals surface area contributed by atoms with Gasteiger partial charge in [-0.2, -0.15) is 0 Å². The molecular formula is C16H19BrN2O3S. The van der Waals surface area contributed by atoms with E-state index in [4.69, 9.17) is 4.74 Å². The Morgan fingerprint density at radius 2 is 1.87 bits per heavy atom. The standard InChI is InChI=1S/C16H19BrN2O3S/c17-12-7-18-15(23-12)19-13(20)8-22-14(21)16-4-9-1-10(5-16)3-11(2-9)6-16/h7,9-11H,1-6,8H2,(H,18,19,20). The fourth-order valence-corrected chi connectivity index (χ4v) is 6.24. The van der Waals surface area contributed by atoms with E-state index in [9.17, 15) is 9.59 Å². The second-order valence-electron chi connectivity index (χ2n) is 7.29. The summed E-state index contributed by atoms with van der Waals surface area (Å²) in [6, 6.07) is 0. The van der Waals surface area contributed by atoms with Crippen LogP contribution < -0.4 is 5.32 Å². The van der Waals surface area contributed by atoms with Crippen LogP contribution in [-0.2, 0) is 14.3 Å². The zero-order valence-electron chi connectivity index (χ0n) is 12.7. The van der Waals surface area contributed by atoms with Crippen LogP contribution in [0.4, 0.5) is 5.13 Å². The average molecular weight is 399 g/mol. The molecule has 1 N–H and O–H groups in total. The van der Waals surface area contributed by atoms with E-state index < -0.39 is 0 Å². The van der Waals surface area contributed by atoms with Crippen LogP contribution in [0.2, 0.25) is 0 Å². The van der Waals surface area contributed by atoms with Crippen molar-refractivity contribution >= 4 is 44.3 Å². The number of carbonyl (C=O) groups excluding carboxylic acids is 2. The van der Waals surface area contributed by atoms with Gasteiger partial charge in [0.15, 0.2) is 11.7 Å². The molecule has 4 aliphatic carbocycles. The van der Waals surface area contributed by atoms with Crippen molar-refractivity contribution in [2.75, 3.05) is 11.9 Å². The third-order valence-electron chi connectivity index (χ3n) is 5.53. The van der Waals surface area contributed by atoms with Crippen LogP contribution in [0.15, 0.2) is 9.98 Å². The molecule has 1 heterocycles. The molecule has 0 atom stereocenters. The van der Waals surface area contributed by atoms with Crippen molar-refractivity contribution in [3.8, 4) is 0 Å². The van der Waals surface area contributed by atoms with Gasteiger partial charge in [0.2, 0.25) is 0 Å². The zero-order chi connectivity index (χ0) is 16.0. The van der Waals surface area contributed by atoms with Gasteiger partial charge in [-0.3, -0.25) is 14.9 Å². The summed E-state index contributed by atoms with van der Waals surface area (Å²) in [7, 11) is 0. The fourth-order valence-electron chi connectivity index (χ4n) is 5.11. The normalized spacial score (nSPS) is 34.4. The minimum Gasteiger partial charge on any atom is -0.455 e. The summed E-state index contributed by atoms with van der Waals surface area (Å²) < 4.78 is 6.23. The van der Waals surface area contributed by atoms with Crippen LogP contribution in [0, 0.1) is 23.2 Å². The summed E-state index contributed by atoms with van der Waals surface area (Å²) in [6.07, 6.45) is 8.35. The number of halogens is 1. The van der Waals surface area contributed by atoms with Gasteiger partial charge in [-0.25, -0.2) is 4.98 Å². The molecule has 0 spiro atoms. The first-order valence-electron chi connectivity index (χ1n) is 8.11. The molecule has 7 heteroatoms. The molecule has 0 unspecified atom stereocenters. The summed E-state index contributed by atoms with van der Waals surface area (Å²) >= 11 is 4.62. The molecule has 5 nitrogen and oxygen atoms in total. The highest BCUT2D eigenvalue weighted by atomic mass is 79.9. The van der Waals surface area contributed by atoms with Gasteiger partial charge in [-0.1, -0.05) is 11.3 Å². The minimum absolute atomic E-state index is 0.160. The number of thiazole rings is 1. The van der Waals surface area contributed by atoms with Gasteiger partial charge in [0.25, 0.3) is 5.91 Å². The number of nitrogens with zero attached hydrogens (tertiary/aromatic N) is 1. The van der Waals surface area contributed by atoms with Crippen LogP contribution in [0.3, 0.4) is 0 Å². The molecule has 1 aromatic heterocycles. The first-order chi connectivity index (χ1) is 11.0. The number of hydrogen-bond donors (Lipinski definition) is 1. The summed E-state index contributed by atoms with van der Waals surface area (Å²) in [4.78, 5) is 28.6. The van der Waals surface area contributed by atoms with E-state index in [1.807, 2.05) is 0 Å². The third kappa shape index (κ3) is 3.05. The number of nitrogens with one attached hydrogen (secondary N) is 1. The van der Waals surface area contributed by atoms with Crippen LogP contribution >= 0.6 is 27.3 Å². The smallest absolute Gasteiger partial charge is 0.312 e. The first-order valence-corrected chi connectivity index (χ1v) is 9.72. The largest absolute Gasteiger partial charge is 0.455 e. The Bertz CT molecular complexity index is 610. The molecule has 0 aromatic carbocycles. The monoisotopic (exact) mass is 398 g/mol. The Hall–Kier alpha value is -0.950. The van der Waals surface area contributed by atoms with Crippen LogP contribution in [-0.4, -0.2) is 23.5 Å². The number of rotatable bonds is 4. The highest BCUT2D eigenvalue weighted by Gasteiger charge is 2.55. The molecule has 23 heavy (non-hydrogen) atoms. The SMILES string of the molecule is O=C(COC(=O)C12CC3CC(CC(C3)C1)C2)Nc1ncc(Br)s1. The van der Waals surface area contributed by atoms with Crippen molar-refractivity contribution in [1.29, 1.82) is 0 Å². The van der Waals surface area contributed by atoms with E-state index in [2.05, 4.69) is 26.2 Å². The topological polar surface area (TPSA) is 68.3 Å². The summed E-state index contributed by atoms with van der Waals surface area (Å²) in [5, 5.41) is 3.16. The number of carbonyl (C=O) groups is 2. The highest BCUT2D eigenvalue weighted by Crippen LogP contribution is 2.60. The molecule has 4 aliphatic rings. The molecule has 1 amide bonds. The Morgan fingerprint density at radius 3 is 2.39 bits per heavy atom. The number of ether oxygens (including phenoxy) is 1. The maximum atomic E-state index is 12.6. The van der Waals surface area contributed by atoms with Gasteiger partial charge in [-0.05, 0) is 72.2 Å². The van der Waals surface area contributed by atoms with Crippen molar-refractivity contribution in [2.45, 2.75) is 38.5 Å². The van der Waals surface area contributed by atoms with E-state index in [1.165, 1.54) is 30.6 Å². The van der Waals surface area contributed by atoms with Crippen LogP contribution in [0.5, 0.6) is 0 Å². The fraction of sp³-hybridized carbons (Fsp3) is 0.688. The Balaban J connectivity index is 1.34. The maximum Gasteiger partial charge on any atom is 0.312 e. The summed E-state index contributed by atoms with van der Waals surface area (Å²) in [5.41, 5.74) is -0.306. The molecule has 0 radical (unpaired) electrons. The number of aromatic nitrogens is 1. The van der Waals surface area contributed by atoms with Crippen LogP contribution in [0.1, 0.15) is 38.5 Å². The number of amides is 1. The Labute approximate surface area is 147 Å². The van der Waals surface area contributed by atoms with Crippen molar-refractivity contribution in [1.82, 2.24) is 4.98 Å². The lowest BCUT2D eigenvalue weighted by atomic mass is 9.49. The Morgan fingerprint density at radius 1 is 1.26 bits per heavy atom. The van der Waals surface area contributed by atoms with Gasteiger partial charge >= 0.3 is 5.97 Å². The molecule has 5 rings (SSSR count). The second-order valence-corrected chi connectivity index (χ2v) is 9.70. The highest BCUT2D eigenvalue weighted by molar-refractivity contribution is 9.11. The summed E-state index contributed by atoms with van der Waals surface area (Å²) in [6.45, 7) is -0.224. The lowest BCUT2D eigenvalue weighted by molar-refractivity contribution is -0.172. The van der Waals surface area contributed by atoms with Crippen LogP contribution in [0.25, 0.3) is 0 Å². The van der Waals surface area contributed by atoms with Gasteiger partial charge in [0.05, 0.1) is 15.4 Å². The van der Waals surface area contributed by atoms with E-state index in [0.717, 1.165) is 23.0 Å². The van der Waals surface area contributed by atoms with Gasteiger partial charge < -0.3 is 4.74 Å². The van der Waals surface area contributed by atoms with Gasteiger partial charge in [0.1, 0.15) is 0 Å². The van der Waals surface area contributed by atoms with Crippen molar-refractivity contribution in [3.63, 3.8) is 0 Å². The minimum atomic E-state index is -0.329. The molecular weight excluding hydrogens is 380 g/mol. The van der Waals surface area contributed by atoms with Crippen molar-refractivity contribution in [2.24, 2.45) is 23.2 Å². The molecule has 4 saturated carbocycles. The molecule has 0 aliphatic heterocycles. The number of hydrogen-bond acceptors (Lipinski definition) is 5. The number of esters is 1. The lowest BCUT2D eigenvalue weighted by Gasteiger charge is -2.55. The van der Waals surface area contributed by atoms with E-state index >= 15 is 0 Å². The van der Waals surface area contributed by atoms with E-state index in [-0.39, 0.29) is 23.9 Å². The third-order valence-corrected chi connectivity index (χ3v) is 6.92. The van der Waals surface area contributed by atoms with Crippen molar-refractivity contribution in [3.05, 3.63) is 9.98 Å². The quantitative estimate of drug-likeness (QED) is 0.786. The van der Waals surface area contributed by atoms with E-state index in [1.54, 1.807) is 6.20 Å².